The molecule has 118 valence electrons. The van der Waals surface area contributed by atoms with Crippen LogP contribution in [0.2, 0.25) is 13.3 Å². The molecule has 5 heteroatoms. The van der Waals surface area contributed by atoms with Crippen molar-refractivity contribution in [2.45, 2.75) is 72.6 Å². The van der Waals surface area contributed by atoms with E-state index < -0.39 is 19.8 Å². The van der Waals surface area contributed by atoms with Crippen molar-refractivity contribution in [1.29, 1.82) is 0 Å². The van der Waals surface area contributed by atoms with Gasteiger partial charge < -0.3 is 17.0 Å². The average Bonchev–Trinajstić information content (AvgIpc) is 2.29. The zero-order valence-corrected chi connectivity index (χ0v) is 20.1. The molecule has 0 saturated heterocycles. The van der Waals surface area contributed by atoms with Gasteiger partial charge in [0.15, 0.2) is 0 Å². The summed E-state index contributed by atoms with van der Waals surface area (Å²) in [6.07, 6.45) is 12.9. The molecule has 0 unspecified atom stereocenters. The van der Waals surface area contributed by atoms with Crippen LogP contribution in [0.4, 0.5) is 0 Å². The van der Waals surface area contributed by atoms with Crippen molar-refractivity contribution < 1.29 is 52.9 Å². The minimum atomic E-state index is -0.839. The molecule has 0 fully saturated rings. The maximum Gasteiger partial charge on any atom is 1.00 e. The molecule has 0 aromatic carbocycles. The van der Waals surface area contributed by atoms with Gasteiger partial charge in [-0.3, -0.25) is 0 Å². The largest absolute Gasteiger partial charge is 1.00 e. The van der Waals surface area contributed by atoms with Gasteiger partial charge in [-0.25, -0.2) is 0 Å². The van der Waals surface area contributed by atoms with E-state index in [0.29, 0.717) is 0 Å². The molecule has 0 atom stereocenters. The normalized spacial score (nSPS) is 8.53. The van der Waals surface area contributed by atoms with Gasteiger partial charge in [0, 0.05) is 17.1 Å². The second-order valence-corrected chi connectivity index (χ2v) is 13.8. The molecular formula is C14H33BrCuLiSSn. The van der Waals surface area contributed by atoms with Crippen LogP contribution in [0, 0.1) is 0 Å². The van der Waals surface area contributed by atoms with E-state index in [1.807, 2.05) is 12.5 Å². The molecule has 0 amide bonds. The van der Waals surface area contributed by atoms with Crippen LogP contribution >= 0.6 is 11.8 Å². The molecule has 0 heterocycles. The Balaban J connectivity index is -0.0000000992. The number of hydrogen-bond donors (Lipinski definition) is 0. The van der Waals surface area contributed by atoms with Crippen LogP contribution in [0.5, 0.6) is 0 Å². The topological polar surface area (TPSA) is 0 Å². The molecule has 19 heavy (non-hydrogen) atoms. The number of hydrogen-bond acceptors (Lipinski definition) is 1. The molecule has 0 rings (SSSR count). The van der Waals surface area contributed by atoms with Crippen molar-refractivity contribution in [3.8, 4) is 0 Å². The van der Waals surface area contributed by atoms with Crippen molar-refractivity contribution >= 4 is 31.5 Å². The fraction of sp³-hybridized carbons (Fsp3) is 1.00. The summed E-state index contributed by atoms with van der Waals surface area (Å²) in [4.78, 5) is 0. The number of rotatable bonds is 9. The average molecular weight is 503 g/mol. The molecule has 0 aromatic rings. The van der Waals surface area contributed by atoms with Crippen molar-refractivity contribution in [2.75, 3.05) is 12.5 Å². The van der Waals surface area contributed by atoms with Crippen LogP contribution < -0.4 is 35.8 Å². The third kappa shape index (κ3) is 33.5. The predicted molar refractivity (Wildman–Crippen MR) is 84.3 cm³/mol. The van der Waals surface area contributed by atoms with E-state index in [-0.39, 0.29) is 52.9 Å². The SMILES string of the molecule is CCC[CH2][Sn]([CH2]CCC)[CH2]CCC.CSC.[Br-].[Cu].[Li+]. The maximum atomic E-state index is 2.33. The number of halogens is 1. The fourth-order valence-electron chi connectivity index (χ4n) is 1.66. The predicted octanol–water partition coefficient (Wildman–Crippen LogP) is -0.134. The molecule has 0 aliphatic rings. The monoisotopic (exact) mass is 502 g/mol. The van der Waals surface area contributed by atoms with Crippen molar-refractivity contribution in [3.05, 3.63) is 0 Å². The van der Waals surface area contributed by atoms with Crippen LogP contribution in [-0.2, 0) is 17.1 Å². The fourth-order valence-corrected chi connectivity index (χ4v) is 11.1. The Morgan fingerprint density at radius 3 is 1.11 bits per heavy atom. The standard InChI is InChI=1S/3C4H9.C2H6S.BrH.Cu.Li.Sn/c3*1-3-4-2;1-3-2;;;;/h3*1,3-4H2,2H3;1-2H3;1H;;;/q;;;;;;+1;/p-1. The first-order valence-corrected chi connectivity index (χ1v) is 14.7. The molecule has 0 saturated carbocycles. The Morgan fingerprint density at radius 2 is 0.947 bits per heavy atom. The molecular weight excluding hydrogens is 469 g/mol. The quantitative estimate of drug-likeness (QED) is 0.396. The third-order valence-electron chi connectivity index (χ3n) is 2.65. The van der Waals surface area contributed by atoms with E-state index in [9.17, 15) is 0 Å². The summed E-state index contributed by atoms with van der Waals surface area (Å²) in [6, 6.07) is 0. The van der Waals surface area contributed by atoms with E-state index in [4.69, 9.17) is 0 Å². The van der Waals surface area contributed by atoms with Gasteiger partial charge in [-0.2, -0.15) is 11.8 Å². The first kappa shape index (κ1) is 33.4. The third-order valence-corrected chi connectivity index (χ3v) is 11.7. The molecule has 0 aliphatic carbocycles. The summed E-state index contributed by atoms with van der Waals surface area (Å²) in [7, 11) is 0. The van der Waals surface area contributed by atoms with Crippen molar-refractivity contribution in [2.24, 2.45) is 0 Å². The number of thioether (sulfide) groups is 1. The first-order chi connectivity index (χ1) is 7.76. The Hall–Kier alpha value is 2.75. The summed E-state index contributed by atoms with van der Waals surface area (Å²) in [6.45, 7) is 7.00. The summed E-state index contributed by atoms with van der Waals surface area (Å²) < 4.78 is 5.04. The summed E-state index contributed by atoms with van der Waals surface area (Å²) >= 11 is 0.911. The Bertz CT molecular complexity index is 105. The van der Waals surface area contributed by atoms with Gasteiger partial charge in [0.05, 0.1) is 0 Å². The minimum absolute atomic E-state index is 0. The summed E-state index contributed by atoms with van der Waals surface area (Å²) in [5.41, 5.74) is 0. The van der Waals surface area contributed by atoms with Crippen molar-refractivity contribution in [3.63, 3.8) is 0 Å². The first-order valence-electron chi connectivity index (χ1n) is 7.00. The van der Waals surface area contributed by atoms with Crippen LogP contribution in [0.15, 0.2) is 0 Å². The molecule has 2 radical (unpaired) electrons. The van der Waals surface area contributed by atoms with Gasteiger partial charge in [0.2, 0.25) is 0 Å². The van der Waals surface area contributed by atoms with Crippen LogP contribution in [-0.4, -0.2) is 32.3 Å². The second kappa shape index (κ2) is 32.6. The molecule has 0 bridgehead atoms. The van der Waals surface area contributed by atoms with Crippen LogP contribution in [0.25, 0.3) is 0 Å². The van der Waals surface area contributed by atoms with Gasteiger partial charge in [-0.15, -0.1) is 0 Å². The molecule has 0 N–H and O–H groups in total. The Labute approximate surface area is 167 Å². The Morgan fingerprint density at radius 1 is 0.737 bits per heavy atom. The van der Waals surface area contributed by atoms with Gasteiger partial charge in [0.25, 0.3) is 0 Å². The van der Waals surface area contributed by atoms with Gasteiger partial charge in [-0.05, 0) is 12.5 Å². The van der Waals surface area contributed by atoms with Gasteiger partial charge in [0.1, 0.15) is 0 Å². The molecule has 0 aliphatic heterocycles. The summed E-state index contributed by atoms with van der Waals surface area (Å²) in [5, 5.41) is 0. The summed E-state index contributed by atoms with van der Waals surface area (Å²) in [5.74, 6) is 0. The maximum absolute atomic E-state index is 2.33. The van der Waals surface area contributed by atoms with E-state index >= 15 is 0 Å². The zero-order valence-electron chi connectivity index (χ0n) is 14.0. The van der Waals surface area contributed by atoms with Crippen molar-refractivity contribution in [1.82, 2.24) is 0 Å². The van der Waals surface area contributed by atoms with Crippen LogP contribution in [0.3, 0.4) is 0 Å². The molecule has 0 aromatic heterocycles. The zero-order chi connectivity index (χ0) is 12.6. The smallest absolute Gasteiger partial charge is 1.00 e. The minimum Gasteiger partial charge on any atom is -1.00 e. The Kier molecular flexibility index (Phi) is 57.3. The van der Waals surface area contributed by atoms with E-state index in [2.05, 4.69) is 20.8 Å². The van der Waals surface area contributed by atoms with Crippen LogP contribution in [0.1, 0.15) is 59.3 Å². The van der Waals surface area contributed by atoms with Gasteiger partial charge in [-0.1, -0.05) is 0 Å². The van der Waals surface area contributed by atoms with E-state index in [1.54, 1.807) is 25.1 Å². The van der Waals surface area contributed by atoms with E-state index in [0.717, 1.165) is 0 Å². The molecule has 0 nitrogen and oxygen atoms in total. The molecule has 0 spiro atoms. The second-order valence-electron chi connectivity index (χ2n) is 4.47. The number of unbranched alkanes of at least 4 members (excludes halogenated alkanes) is 3. The van der Waals surface area contributed by atoms with E-state index in [1.165, 1.54) is 38.5 Å². The van der Waals surface area contributed by atoms with Gasteiger partial charge >= 0.3 is 111 Å².